The summed E-state index contributed by atoms with van der Waals surface area (Å²) in [6, 6.07) is 7.07. The number of methoxy groups -OCH3 is 2. The molecule has 1 aromatic rings. The zero-order chi connectivity index (χ0) is 19.3. The maximum atomic E-state index is 12.7. The van der Waals surface area contributed by atoms with E-state index in [-0.39, 0.29) is 18.8 Å². The summed E-state index contributed by atoms with van der Waals surface area (Å²) in [4.78, 5) is 25.2. The molecule has 1 heterocycles. The van der Waals surface area contributed by atoms with Gasteiger partial charge in [0.15, 0.2) is 0 Å². The van der Waals surface area contributed by atoms with E-state index < -0.39 is 17.9 Å². The van der Waals surface area contributed by atoms with Gasteiger partial charge < -0.3 is 19.5 Å². The normalized spacial score (nSPS) is 17.0. The molecule has 140 valence electrons. The second kappa shape index (κ2) is 8.87. The maximum Gasteiger partial charge on any atom is 0.336 e. The summed E-state index contributed by atoms with van der Waals surface area (Å²) in [5, 5.41) is 3.52. The fourth-order valence-electron chi connectivity index (χ4n) is 3.01. The molecule has 0 aromatic heterocycles. The van der Waals surface area contributed by atoms with Crippen molar-refractivity contribution >= 4 is 23.5 Å². The molecule has 0 bridgehead atoms. The molecule has 1 atom stereocenters. The number of ether oxygens (including phenoxy) is 3. The molecule has 0 aliphatic carbocycles. The lowest BCUT2D eigenvalue weighted by Crippen LogP contribution is -2.34. The molecule has 1 aliphatic rings. The molecule has 0 radical (unpaired) electrons. The minimum atomic E-state index is -0.721. The van der Waals surface area contributed by atoms with Crippen molar-refractivity contribution in [3.63, 3.8) is 0 Å². The summed E-state index contributed by atoms with van der Waals surface area (Å²) < 4.78 is 15.4. The summed E-state index contributed by atoms with van der Waals surface area (Å²) >= 11 is 6.39. The Morgan fingerprint density at radius 1 is 1.15 bits per heavy atom. The van der Waals surface area contributed by atoms with Crippen molar-refractivity contribution in [2.75, 3.05) is 27.4 Å². The zero-order valence-electron chi connectivity index (χ0n) is 15.2. The van der Waals surface area contributed by atoms with E-state index >= 15 is 0 Å². The average Bonchev–Trinajstić information content (AvgIpc) is 2.61. The summed E-state index contributed by atoms with van der Waals surface area (Å²) in [5.74, 6) is -1.80. The van der Waals surface area contributed by atoms with Gasteiger partial charge in [-0.2, -0.15) is 0 Å². The highest BCUT2D eigenvalue weighted by Crippen LogP contribution is 2.41. The van der Waals surface area contributed by atoms with Gasteiger partial charge in [-0.15, -0.1) is 0 Å². The minimum absolute atomic E-state index is 0.154. The Morgan fingerprint density at radius 3 is 2.42 bits per heavy atom. The number of hydrogen-bond donors (Lipinski definition) is 1. The van der Waals surface area contributed by atoms with Crippen molar-refractivity contribution in [2.24, 2.45) is 0 Å². The smallest absolute Gasteiger partial charge is 0.336 e. The minimum Gasteiger partial charge on any atom is -0.466 e. The van der Waals surface area contributed by atoms with Gasteiger partial charge in [-0.1, -0.05) is 29.8 Å². The Labute approximate surface area is 157 Å². The molecule has 0 spiro atoms. The highest BCUT2D eigenvalue weighted by Gasteiger charge is 2.39. The van der Waals surface area contributed by atoms with Crippen molar-refractivity contribution in [1.29, 1.82) is 0 Å². The van der Waals surface area contributed by atoms with E-state index in [1.165, 1.54) is 14.2 Å². The molecule has 1 N–H and O–H groups in total. The van der Waals surface area contributed by atoms with E-state index in [0.29, 0.717) is 27.6 Å². The highest BCUT2D eigenvalue weighted by atomic mass is 35.5. The van der Waals surface area contributed by atoms with E-state index in [1.807, 2.05) is 0 Å². The first-order chi connectivity index (χ1) is 12.5. The number of nitrogens with one attached hydrogen (secondary N) is 1. The van der Waals surface area contributed by atoms with Crippen LogP contribution in [0.2, 0.25) is 5.02 Å². The molecule has 1 unspecified atom stereocenters. The third-order valence-electron chi connectivity index (χ3n) is 4.05. The fraction of sp³-hybridized carbons (Fsp3) is 0.368. The standard InChI is InChI=1S/C19H22ClNO5/c1-5-26-19(23)17-14(10-24-3)21-11(2)15(18(22)25-4)16(17)12-8-6-7-9-13(12)20/h6-9,16,21H,5,10H2,1-4H3. The molecule has 6 nitrogen and oxygen atoms in total. The fourth-order valence-corrected chi connectivity index (χ4v) is 3.25. The molecule has 7 heteroatoms. The molecule has 2 rings (SSSR count). The number of carbonyl (C=O) groups is 2. The Balaban J connectivity index is 2.74. The summed E-state index contributed by atoms with van der Waals surface area (Å²) in [6.45, 7) is 3.82. The molecule has 26 heavy (non-hydrogen) atoms. The maximum absolute atomic E-state index is 12.7. The van der Waals surface area contributed by atoms with Gasteiger partial charge in [0.2, 0.25) is 0 Å². The molecule has 0 saturated carbocycles. The van der Waals surface area contributed by atoms with Crippen LogP contribution in [0.3, 0.4) is 0 Å². The molecule has 0 fully saturated rings. The molecule has 1 aromatic carbocycles. The van der Waals surface area contributed by atoms with Crippen LogP contribution in [0.1, 0.15) is 25.3 Å². The number of halogens is 1. The van der Waals surface area contributed by atoms with Crippen molar-refractivity contribution in [2.45, 2.75) is 19.8 Å². The van der Waals surface area contributed by atoms with Crippen LogP contribution in [0.4, 0.5) is 0 Å². The monoisotopic (exact) mass is 379 g/mol. The Bertz CT molecular complexity index is 769. The number of rotatable bonds is 6. The molecule has 0 amide bonds. The number of benzene rings is 1. The van der Waals surface area contributed by atoms with Gasteiger partial charge in [-0.05, 0) is 25.5 Å². The summed E-state index contributed by atoms with van der Waals surface area (Å²) in [6.07, 6.45) is 0. The number of esters is 2. The number of hydrogen-bond acceptors (Lipinski definition) is 6. The van der Waals surface area contributed by atoms with Crippen LogP contribution in [-0.2, 0) is 23.8 Å². The highest BCUT2D eigenvalue weighted by molar-refractivity contribution is 6.31. The predicted molar refractivity (Wildman–Crippen MR) is 97.6 cm³/mol. The molecule has 1 aliphatic heterocycles. The number of dihydropyridines is 1. The van der Waals surface area contributed by atoms with Gasteiger partial charge in [0.05, 0.1) is 43.1 Å². The molecular formula is C19H22ClNO5. The van der Waals surface area contributed by atoms with Crippen molar-refractivity contribution in [3.8, 4) is 0 Å². The Kier molecular flexibility index (Phi) is 6.83. The SMILES string of the molecule is CCOC(=O)C1=C(COC)NC(C)=C(C(=O)OC)C1c1ccccc1Cl. The van der Waals surface area contributed by atoms with Crippen LogP contribution in [-0.4, -0.2) is 39.4 Å². The van der Waals surface area contributed by atoms with E-state index in [4.69, 9.17) is 25.8 Å². The van der Waals surface area contributed by atoms with E-state index in [9.17, 15) is 9.59 Å². The number of allylic oxidation sites excluding steroid dienone is 1. The Hall–Kier alpha value is -2.31. The van der Waals surface area contributed by atoms with Gasteiger partial charge in [-0.25, -0.2) is 9.59 Å². The molecule has 0 saturated heterocycles. The lowest BCUT2D eigenvalue weighted by molar-refractivity contribution is -0.139. The van der Waals surface area contributed by atoms with Gasteiger partial charge >= 0.3 is 11.9 Å². The second-order valence-corrected chi connectivity index (χ2v) is 6.06. The molecular weight excluding hydrogens is 358 g/mol. The van der Waals surface area contributed by atoms with Crippen molar-refractivity contribution in [1.82, 2.24) is 5.32 Å². The van der Waals surface area contributed by atoms with E-state index in [1.54, 1.807) is 38.1 Å². The first-order valence-corrected chi connectivity index (χ1v) is 8.53. The van der Waals surface area contributed by atoms with Gasteiger partial charge in [0.25, 0.3) is 0 Å². The number of carbonyl (C=O) groups excluding carboxylic acids is 2. The first-order valence-electron chi connectivity index (χ1n) is 8.15. The lowest BCUT2D eigenvalue weighted by atomic mass is 9.80. The lowest BCUT2D eigenvalue weighted by Gasteiger charge is -2.31. The largest absolute Gasteiger partial charge is 0.466 e. The van der Waals surface area contributed by atoms with Crippen LogP contribution in [0, 0.1) is 0 Å². The van der Waals surface area contributed by atoms with E-state index in [2.05, 4.69) is 5.32 Å². The van der Waals surface area contributed by atoms with Crippen LogP contribution in [0.25, 0.3) is 0 Å². The van der Waals surface area contributed by atoms with Crippen LogP contribution in [0.5, 0.6) is 0 Å². The van der Waals surface area contributed by atoms with Gasteiger partial charge in [-0.3, -0.25) is 0 Å². The third kappa shape index (κ3) is 3.92. The average molecular weight is 380 g/mol. The Morgan fingerprint density at radius 2 is 1.85 bits per heavy atom. The van der Waals surface area contributed by atoms with Crippen LogP contribution in [0.15, 0.2) is 46.8 Å². The second-order valence-electron chi connectivity index (χ2n) is 5.66. The summed E-state index contributed by atoms with van der Waals surface area (Å²) in [5.41, 5.74) is 2.31. The van der Waals surface area contributed by atoms with Crippen LogP contribution < -0.4 is 5.32 Å². The van der Waals surface area contributed by atoms with Gasteiger partial charge in [0, 0.05) is 17.8 Å². The first kappa shape index (κ1) is 20.0. The predicted octanol–water partition coefficient (Wildman–Crippen LogP) is 2.94. The van der Waals surface area contributed by atoms with Crippen molar-refractivity contribution in [3.05, 3.63) is 57.4 Å². The summed E-state index contributed by atoms with van der Waals surface area (Å²) in [7, 11) is 2.82. The van der Waals surface area contributed by atoms with E-state index in [0.717, 1.165) is 0 Å². The van der Waals surface area contributed by atoms with Gasteiger partial charge in [0.1, 0.15) is 0 Å². The third-order valence-corrected chi connectivity index (χ3v) is 4.39. The zero-order valence-corrected chi connectivity index (χ0v) is 16.0. The quantitative estimate of drug-likeness (QED) is 0.766. The topological polar surface area (TPSA) is 73.9 Å². The van der Waals surface area contributed by atoms with Crippen molar-refractivity contribution < 1.29 is 23.8 Å². The van der Waals surface area contributed by atoms with Crippen LogP contribution >= 0.6 is 11.6 Å².